The number of hydrogen-bond acceptors (Lipinski definition) is 3. The van der Waals surface area contributed by atoms with Crippen molar-refractivity contribution in [2.75, 3.05) is 11.9 Å². The van der Waals surface area contributed by atoms with E-state index in [9.17, 15) is 9.18 Å². The molecule has 0 saturated heterocycles. The highest BCUT2D eigenvalue weighted by Gasteiger charge is 2.26. The Morgan fingerprint density at radius 2 is 2.04 bits per heavy atom. The first-order valence-electron chi connectivity index (χ1n) is 6.72. The third-order valence-electron chi connectivity index (χ3n) is 3.48. The molecule has 0 spiro atoms. The maximum Gasteiger partial charge on any atom is 0.144 e. The number of fused-ring (bicyclic) bond motifs is 1. The van der Waals surface area contributed by atoms with Gasteiger partial charge in [0.1, 0.15) is 18.1 Å². The summed E-state index contributed by atoms with van der Waals surface area (Å²) in [5.41, 5.74) is 1.61. The van der Waals surface area contributed by atoms with Crippen molar-refractivity contribution in [1.29, 1.82) is 0 Å². The van der Waals surface area contributed by atoms with Crippen molar-refractivity contribution in [2.45, 2.75) is 6.04 Å². The molecule has 1 heterocycles. The van der Waals surface area contributed by atoms with Crippen LogP contribution in [0.1, 0.15) is 11.1 Å². The van der Waals surface area contributed by atoms with Crippen molar-refractivity contribution in [1.82, 2.24) is 0 Å². The van der Waals surface area contributed by atoms with E-state index in [0.717, 1.165) is 6.29 Å². The number of nitrogens with one attached hydrogen (secondary N) is 1. The molecule has 0 fully saturated rings. The van der Waals surface area contributed by atoms with Gasteiger partial charge in [0, 0.05) is 15.7 Å². The molecule has 1 N–H and O–H groups in total. The summed E-state index contributed by atoms with van der Waals surface area (Å²) in [5.74, 6) is -0.497. The van der Waals surface area contributed by atoms with Crippen LogP contribution in [0.25, 0.3) is 0 Å². The fraction of sp³-hybridized carbons (Fsp3) is 0.125. The lowest BCUT2D eigenvalue weighted by atomic mass is 10.00. The molecule has 2 aromatic carbocycles. The molecule has 0 radical (unpaired) electrons. The Morgan fingerprint density at radius 3 is 2.74 bits per heavy atom. The Balaban J connectivity index is 2.31. The van der Waals surface area contributed by atoms with Crippen molar-refractivity contribution in [3.63, 3.8) is 0 Å². The molecule has 7 heteroatoms. The van der Waals surface area contributed by atoms with Gasteiger partial charge in [0.25, 0.3) is 0 Å². The van der Waals surface area contributed by atoms with E-state index in [4.69, 9.17) is 23.2 Å². The van der Waals surface area contributed by atoms with Crippen molar-refractivity contribution in [3.05, 3.63) is 61.8 Å². The molecule has 0 aromatic heterocycles. The Kier molecular flexibility index (Phi) is 4.71. The summed E-state index contributed by atoms with van der Waals surface area (Å²) in [6, 6.07) is 7.41. The largest absolute Gasteiger partial charge is 0.373 e. The van der Waals surface area contributed by atoms with Gasteiger partial charge in [-0.15, -0.1) is 0 Å². The van der Waals surface area contributed by atoms with Gasteiger partial charge in [0.15, 0.2) is 0 Å². The smallest absolute Gasteiger partial charge is 0.144 e. The summed E-state index contributed by atoms with van der Waals surface area (Å²) in [6.45, 7) is 0.159. The summed E-state index contributed by atoms with van der Waals surface area (Å²) in [5, 5.41) is 3.67. The standard InChI is InChI=1S/C16H10BrCl2FN2O/c17-9-4-5-12-14(15(9)19)16(21-6-8(7-23)22-12)13-10(18)2-1-3-11(13)20/h1-5,7-8,22H,6H2. The van der Waals surface area contributed by atoms with E-state index in [-0.39, 0.29) is 17.1 Å². The molecule has 0 aliphatic carbocycles. The molecular formula is C16H10BrCl2FN2O. The number of rotatable bonds is 2. The average molecular weight is 416 g/mol. The molecule has 23 heavy (non-hydrogen) atoms. The molecule has 1 aliphatic heterocycles. The number of benzene rings is 2. The molecule has 118 valence electrons. The van der Waals surface area contributed by atoms with Gasteiger partial charge in [0.05, 0.1) is 27.9 Å². The Bertz CT molecular complexity index is 806. The highest BCUT2D eigenvalue weighted by molar-refractivity contribution is 9.10. The normalized spacial score (nSPS) is 16.9. The summed E-state index contributed by atoms with van der Waals surface area (Å²) in [7, 11) is 0. The second-order valence-electron chi connectivity index (χ2n) is 4.96. The van der Waals surface area contributed by atoms with E-state index in [1.807, 2.05) is 0 Å². The minimum atomic E-state index is -0.519. The Labute approximate surface area is 150 Å². The number of hydrogen-bond donors (Lipinski definition) is 1. The van der Waals surface area contributed by atoms with Gasteiger partial charge >= 0.3 is 0 Å². The van der Waals surface area contributed by atoms with E-state index in [1.165, 1.54) is 12.1 Å². The minimum Gasteiger partial charge on any atom is -0.373 e. The number of nitrogens with zero attached hydrogens (tertiary/aromatic N) is 1. The highest BCUT2D eigenvalue weighted by Crippen LogP contribution is 2.37. The molecule has 1 aliphatic rings. The van der Waals surface area contributed by atoms with E-state index in [2.05, 4.69) is 26.2 Å². The number of carbonyl (C=O) groups excluding carboxylic acids is 1. The number of halogens is 4. The zero-order valence-electron chi connectivity index (χ0n) is 11.6. The molecule has 0 bridgehead atoms. The fourth-order valence-corrected chi connectivity index (χ4v) is 3.26. The van der Waals surface area contributed by atoms with Crippen molar-refractivity contribution >= 4 is 56.8 Å². The van der Waals surface area contributed by atoms with Crippen LogP contribution in [0, 0.1) is 5.82 Å². The van der Waals surface area contributed by atoms with Crippen LogP contribution in [0.5, 0.6) is 0 Å². The van der Waals surface area contributed by atoms with Crippen molar-refractivity contribution < 1.29 is 9.18 Å². The van der Waals surface area contributed by atoms with Crippen molar-refractivity contribution in [2.24, 2.45) is 4.99 Å². The zero-order valence-corrected chi connectivity index (χ0v) is 14.7. The lowest BCUT2D eigenvalue weighted by molar-refractivity contribution is -0.108. The van der Waals surface area contributed by atoms with E-state index >= 15 is 0 Å². The molecule has 3 nitrogen and oxygen atoms in total. The number of carbonyl (C=O) groups is 1. The van der Waals surface area contributed by atoms with Gasteiger partial charge < -0.3 is 10.1 Å². The first-order chi connectivity index (χ1) is 11.0. The number of benzodiazepines with no additional fused rings is 1. The topological polar surface area (TPSA) is 41.5 Å². The van der Waals surface area contributed by atoms with Crippen LogP contribution in [0.2, 0.25) is 10.0 Å². The van der Waals surface area contributed by atoms with E-state index < -0.39 is 11.9 Å². The van der Waals surface area contributed by atoms with Crippen LogP contribution in [0.4, 0.5) is 10.1 Å². The Morgan fingerprint density at radius 1 is 1.26 bits per heavy atom. The predicted molar refractivity (Wildman–Crippen MR) is 94.5 cm³/mol. The van der Waals surface area contributed by atoms with Crippen LogP contribution >= 0.6 is 39.1 Å². The fourth-order valence-electron chi connectivity index (χ4n) is 2.42. The van der Waals surface area contributed by atoms with Crippen LogP contribution in [-0.2, 0) is 4.79 Å². The first kappa shape index (κ1) is 16.4. The molecular weight excluding hydrogens is 406 g/mol. The summed E-state index contributed by atoms with van der Waals surface area (Å²) >= 11 is 15.9. The quantitative estimate of drug-likeness (QED) is 0.720. The molecule has 2 aromatic rings. The van der Waals surface area contributed by atoms with Gasteiger partial charge in [-0.3, -0.25) is 4.99 Å². The average Bonchev–Trinajstić information content (AvgIpc) is 2.71. The second kappa shape index (κ2) is 6.59. The van der Waals surface area contributed by atoms with E-state index in [1.54, 1.807) is 18.2 Å². The summed E-state index contributed by atoms with van der Waals surface area (Å²) in [4.78, 5) is 15.6. The lowest BCUT2D eigenvalue weighted by Gasteiger charge is -2.16. The van der Waals surface area contributed by atoms with Crippen LogP contribution in [0.3, 0.4) is 0 Å². The molecule has 1 unspecified atom stereocenters. The van der Waals surface area contributed by atoms with Gasteiger partial charge in [0.2, 0.25) is 0 Å². The zero-order chi connectivity index (χ0) is 16.6. The predicted octanol–water partition coefficient (Wildman–Crippen LogP) is 4.73. The highest BCUT2D eigenvalue weighted by atomic mass is 79.9. The van der Waals surface area contributed by atoms with Crippen LogP contribution < -0.4 is 5.32 Å². The number of aldehydes is 1. The Hall–Kier alpha value is -1.43. The maximum atomic E-state index is 14.4. The number of anilines is 1. The van der Waals surface area contributed by atoms with Gasteiger partial charge in [-0.1, -0.05) is 29.3 Å². The molecule has 1 atom stereocenters. The van der Waals surface area contributed by atoms with Gasteiger partial charge in [-0.25, -0.2) is 4.39 Å². The maximum absolute atomic E-state index is 14.4. The monoisotopic (exact) mass is 414 g/mol. The summed E-state index contributed by atoms with van der Waals surface area (Å²) < 4.78 is 15.0. The summed E-state index contributed by atoms with van der Waals surface area (Å²) in [6.07, 6.45) is 0.759. The van der Waals surface area contributed by atoms with Gasteiger partial charge in [-0.2, -0.15) is 0 Å². The van der Waals surface area contributed by atoms with Crippen molar-refractivity contribution in [3.8, 4) is 0 Å². The van der Waals surface area contributed by atoms with E-state index in [0.29, 0.717) is 26.5 Å². The lowest BCUT2D eigenvalue weighted by Crippen LogP contribution is -2.23. The van der Waals surface area contributed by atoms with Crippen LogP contribution in [-0.4, -0.2) is 24.6 Å². The van der Waals surface area contributed by atoms with Gasteiger partial charge in [-0.05, 0) is 40.2 Å². The third-order valence-corrected chi connectivity index (χ3v) is 5.08. The second-order valence-corrected chi connectivity index (χ2v) is 6.60. The third kappa shape index (κ3) is 3.01. The molecule has 3 rings (SSSR count). The minimum absolute atomic E-state index is 0.159. The first-order valence-corrected chi connectivity index (χ1v) is 8.27. The van der Waals surface area contributed by atoms with Crippen LogP contribution in [0.15, 0.2) is 39.8 Å². The molecule has 0 amide bonds. The SMILES string of the molecule is O=CC1CN=C(c2c(F)cccc2Cl)c2c(ccc(Br)c2Cl)N1. The number of aliphatic imine (C=N–C) groups is 1. The molecule has 0 saturated carbocycles.